The molecule has 2 aliphatic rings. The van der Waals surface area contributed by atoms with Gasteiger partial charge in [-0.1, -0.05) is 0 Å². The first-order valence-electron chi connectivity index (χ1n) is 8.17. The maximum Gasteiger partial charge on any atom is 0.247 e. The molecule has 0 aromatic carbocycles. The molecule has 1 aliphatic heterocycles. The van der Waals surface area contributed by atoms with Crippen LogP contribution in [0.15, 0.2) is 17.8 Å². The molecule has 1 aromatic rings. The Morgan fingerprint density at radius 2 is 2.26 bits per heavy atom. The molecule has 0 radical (unpaired) electrons. The van der Waals surface area contributed by atoms with E-state index in [1.165, 1.54) is 0 Å². The largest absolute Gasteiger partial charge is 0.476 e. The van der Waals surface area contributed by atoms with Crippen LogP contribution in [0.4, 0.5) is 0 Å². The number of hydrogen-bond acceptors (Lipinski definition) is 5. The smallest absolute Gasteiger partial charge is 0.247 e. The highest BCUT2D eigenvalue weighted by molar-refractivity contribution is 6.00. The molecule has 1 saturated heterocycles. The molecule has 1 aliphatic carbocycles. The van der Waals surface area contributed by atoms with Crippen LogP contribution in [0.5, 0.6) is 5.88 Å². The first kappa shape index (κ1) is 16.0. The number of carbonyl (C=O) groups is 1. The van der Waals surface area contributed by atoms with E-state index in [0.29, 0.717) is 25.5 Å². The number of likely N-dealkylation sites (N-methyl/N-ethyl adjacent to an activating group) is 1. The Morgan fingerprint density at radius 1 is 1.43 bits per heavy atom. The van der Waals surface area contributed by atoms with E-state index < -0.39 is 0 Å². The maximum absolute atomic E-state index is 11.9. The average molecular weight is 317 g/mol. The lowest BCUT2D eigenvalue weighted by molar-refractivity contribution is -0.117. The zero-order valence-corrected chi connectivity index (χ0v) is 13.5. The zero-order valence-electron chi connectivity index (χ0n) is 13.5. The van der Waals surface area contributed by atoms with Crippen LogP contribution < -0.4 is 10.1 Å². The third-order valence-corrected chi connectivity index (χ3v) is 4.10. The van der Waals surface area contributed by atoms with Crippen molar-refractivity contribution in [3.8, 4) is 5.88 Å². The highest BCUT2D eigenvalue weighted by atomic mass is 16.5. The van der Waals surface area contributed by atoms with Crippen LogP contribution in [0.2, 0.25) is 0 Å². The molecule has 1 aromatic heterocycles. The summed E-state index contributed by atoms with van der Waals surface area (Å²) in [5, 5.41) is 2.83. The summed E-state index contributed by atoms with van der Waals surface area (Å²) >= 11 is 0. The number of hydrogen-bond donors (Lipinski definition) is 1. The molecule has 1 fully saturated rings. The van der Waals surface area contributed by atoms with Gasteiger partial charge in [0, 0.05) is 50.4 Å². The van der Waals surface area contributed by atoms with E-state index in [1.807, 2.05) is 25.3 Å². The van der Waals surface area contributed by atoms with Gasteiger partial charge in [-0.2, -0.15) is 0 Å². The number of carbonyl (C=O) groups excluding carboxylic acids is 1. The first-order valence-corrected chi connectivity index (χ1v) is 8.17. The van der Waals surface area contributed by atoms with Gasteiger partial charge >= 0.3 is 0 Å². The van der Waals surface area contributed by atoms with Crippen molar-refractivity contribution >= 4 is 12.0 Å². The van der Waals surface area contributed by atoms with E-state index >= 15 is 0 Å². The van der Waals surface area contributed by atoms with Gasteiger partial charge in [-0.05, 0) is 24.1 Å². The van der Waals surface area contributed by atoms with Crippen molar-refractivity contribution in [2.75, 3.05) is 46.0 Å². The second-order valence-corrected chi connectivity index (χ2v) is 5.73. The third kappa shape index (κ3) is 4.09. The van der Waals surface area contributed by atoms with Gasteiger partial charge in [0.15, 0.2) is 0 Å². The van der Waals surface area contributed by atoms with Crippen molar-refractivity contribution in [2.24, 2.45) is 0 Å². The normalized spacial score (nSPS) is 17.5. The predicted molar refractivity (Wildman–Crippen MR) is 87.4 cm³/mol. The number of fused-ring (bicyclic) bond motifs is 1. The standard InChI is InChI=1S/C17H23N3O3/c1-2-18-17(21)14-9-13-11-16(19-12-15(13)10-14)23-8-5-20-3-6-22-7-4-20/h9,11-12H,2-8,10H2,1H3,(H,18,21). The zero-order chi connectivity index (χ0) is 16.1. The summed E-state index contributed by atoms with van der Waals surface area (Å²) < 4.78 is 11.1. The summed E-state index contributed by atoms with van der Waals surface area (Å²) in [5.41, 5.74) is 2.89. The lowest BCUT2D eigenvalue weighted by atomic mass is 10.1. The van der Waals surface area contributed by atoms with Crippen molar-refractivity contribution < 1.29 is 14.3 Å². The Morgan fingerprint density at radius 3 is 3.04 bits per heavy atom. The quantitative estimate of drug-likeness (QED) is 0.843. The van der Waals surface area contributed by atoms with E-state index in [0.717, 1.165) is 49.5 Å². The Balaban J connectivity index is 1.54. The van der Waals surface area contributed by atoms with Gasteiger partial charge in [0.1, 0.15) is 6.61 Å². The van der Waals surface area contributed by atoms with Crippen molar-refractivity contribution in [1.29, 1.82) is 0 Å². The van der Waals surface area contributed by atoms with Crippen LogP contribution in [-0.2, 0) is 16.0 Å². The first-order chi connectivity index (χ1) is 11.3. The number of morpholine rings is 1. The highest BCUT2D eigenvalue weighted by Crippen LogP contribution is 2.26. The van der Waals surface area contributed by atoms with Gasteiger partial charge < -0.3 is 14.8 Å². The van der Waals surface area contributed by atoms with Crippen molar-refractivity contribution in [1.82, 2.24) is 15.2 Å². The molecule has 0 spiro atoms. The van der Waals surface area contributed by atoms with E-state index in [2.05, 4.69) is 15.2 Å². The molecule has 0 atom stereocenters. The van der Waals surface area contributed by atoms with Crippen LogP contribution >= 0.6 is 0 Å². The number of rotatable bonds is 6. The number of nitrogens with one attached hydrogen (secondary N) is 1. The van der Waals surface area contributed by atoms with Crippen LogP contribution in [0.25, 0.3) is 6.08 Å². The number of aromatic nitrogens is 1. The topological polar surface area (TPSA) is 63.7 Å². The Labute approximate surface area is 136 Å². The van der Waals surface area contributed by atoms with E-state index in [9.17, 15) is 4.79 Å². The molecule has 0 unspecified atom stereocenters. The molecule has 2 heterocycles. The summed E-state index contributed by atoms with van der Waals surface area (Å²) in [4.78, 5) is 18.6. The molecule has 3 rings (SSSR count). The summed E-state index contributed by atoms with van der Waals surface area (Å²) in [7, 11) is 0. The summed E-state index contributed by atoms with van der Waals surface area (Å²) in [6.07, 6.45) is 4.38. The van der Waals surface area contributed by atoms with Crippen LogP contribution in [-0.4, -0.2) is 61.8 Å². The molecule has 1 N–H and O–H groups in total. The monoisotopic (exact) mass is 317 g/mol. The van der Waals surface area contributed by atoms with Crippen LogP contribution in [0, 0.1) is 0 Å². The van der Waals surface area contributed by atoms with Gasteiger partial charge in [-0.3, -0.25) is 9.69 Å². The average Bonchev–Trinajstić information content (AvgIpc) is 2.99. The van der Waals surface area contributed by atoms with Crippen molar-refractivity contribution in [3.05, 3.63) is 29.0 Å². The van der Waals surface area contributed by atoms with Crippen LogP contribution in [0.3, 0.4) is 0 Å². The molecule has 1 amide bonds. The van der Waals surface area contributed by atoms with E-state index in [1.54, 1.807) is 0 Å². The fourth-order valence-electron chi connectivity index (χ4n) is 2.81. The second kappa shape index (κ2) is 7.57. The Hall–Kier alpha value is -1.92. The maximum atomic E-state index is 11.9. The lowest BCUT2D eigenvalue weighted by Crippen LogP contribution is -2.38. The van der Waals surface area contributed by atoms with E-state index in [4.69, 9.17) is 9.47 Å². The van der Waals surface area contributed by atoms with Gasteiger partial charge in [0.25, 0.3) is 0 Å². The molecule has 6 heteroatoms. The SMILES string of the molecule is CCNC(=O)C1=Cc2cc(OCCN3CCOCC3)ncc2C1. The lowest BCUT2D eigenvalue weighted by Gasteiger charge is -2.26. The molecule has 0 bridgehead atoms. The molecule has 6 nitrogen and oxygen atoms in total. The Kier molecular flexibility index (Phi) is 5.25. The third-order valence-electron chi connectivity index (χ3n) is 4.10. The predicted octanol–water partition coefficient (Wildman–Crippen LogP) is 0.868. The highest BCUT2D eigenvalue weighted by Gasteiger charge is 2.19. The van der Waals surface area contributed by atoms with Crippen molar-refractivity contribution in [2.45, 2.75) is 13.3 Å². The second-order valence-electron chi connectivity index (χ2n) is 5.73. The summed E-state index contributed by atoms with van der Waals surface area (Å²) in [5.74, 6) is 0.615. The number of nitrogens with zero attached hydrogens (tertiary/aromatic N) is 2. The Bertz CT molecular complexity index is 595. The molecular weight excluding hydrogens is 294 g/mol. The molecule has 23 heavy (non-hydrogen) atoms. The van der Waals surface area contributed by atoms with Gasteiger partial charge in [-0.25, -0.2) is 4.98 Å². The number of amides is 1. The fourth-order valence-corrected chi connectivity index (χ4v) is 2.81. The fraction of sp³-hybridized carbons (Fsp3) is 0.529. The summed E-state index contributed by atoms with van der Waals surface area (Å²) in [6, 6.07) is 1.92. The number of ether oxygens (including phenoxy) is 2. The minimum absolute atomic E-state index is 0.00140. The van der Waals surface area contributed by atoms with Gasteiger partial charge in [0.2, 0.25) is 11.8 Å². The molecular formula is C17H23N3O3. The van der Waals surface area contributed by atoms with Crippen LogP contribution in [0.1, 0.15) is 18.1 Å². The number of pyridine rings is 1. The van der Waals surface area contributed by atoms with E-state index in [-0.39, 0.29) is 5.91 Å². The molecule has 0 saturated carbocycles. The minimum atomic E-state index is -0.00140. The van der Waals surface area contributed by atoms with Gasteiger partial charge in [-0.15, -0.1) is 0 Å². The van der Waals surface area contributed by atoms with Crippen molar-refractivity contribution in [3.63, 3.8) is 0 Å². The van der Waals surface area contributed by atoms with Gasteiger partial charge in [0.05, 0.1) is 13.2 Å². The molecule has 124 valence electrons. The minimum Gasteiger partial charge on any atom is -0.476 e. The summed E-state index contributed by atoms with van der Waals surface area (Å²) in [6.45, 7) is 7.55.